The molecule has 0 bridgehead atoms. The number of hydrogen-bond donors (Lipinski definition) is 0. The van der Waals surface area contributed by atoms with Gasteiger partial charge in [0.15, 0.2) is 0 Å². The van der Waals surface area contributed by atoms with Crippen LogP contribution in [0.3, 0.4) is 0 Å². The van der Waals surface area contributed by atoms with E-state index in [1.54, 1.807) is 0 Å². The van der Waals surface area contributed by atoms with E-state index in [9.17, 15) is 0 Å². The first-order chi connectivity index (χ1) is 42.9. The zero-order valence-electron chi connectivity index (χ0n) is 54.7. The van der Waals surface area contributed by atoms with Crippen LogP contribution in [0.25, 0.3) is 66.1 Å². The minimum Gasteiger partial charge on any atom is -0.456 e. The van der Waals surface area contributed by atoms with Gasteiger partial charge >= 0.3 is 0 Å². The van der Waals surface area contributed by atoms with Gasteiger partial charge in [-0.05, 0) is 179 Å². The predicted molar refractivity (Wildman–Crippen MR) is 385 cm³/mol. The normalized spacial score (nSPS) is 15.4. The largest absolute Gasteiger partial charge is 0.456 e. The van der Waals surface area contributed by atoms with Gasteiger partial charge in [-0.25, -0.2) is 0 Å². The van der Waals surface area contributed by atoms with Gasteiger partial charge in [-0.1, -0.05) is 236 Å². The molecule has 4 nitrogen and oxygen atoms in total. The molecule has 1 atom stereocenters. The van der Waals surface area contributed by atoms with Crippen LogP contribution in [0.1, 0.15) is 128 Å². The number of benzene rings is 11. The predicted octanol–water partition coefficient (Wildman–Crippen LogP) is 22.8. The van der Waals surface area contributed by atoms with E-state index in [0.29, 0.717) is 0 Å². The second kappa shape index (κ2) is 20.2. The van der Waals surface area contributed by atoms with Gasteiger partial charge in [-0.15, -0.1) is 0 Å². The molecule has 446 valence electrons. The van der Waals surface area contributed by atoms with Crippen molar-refractivity contribution >= 4 is 96.4 Å². The molecule has 13 aromatic rings. The van der Waals surface area contributed by atoms with Crippen molar-refractivity contribution in [2.24, 2.45) is 0 Å². The fraction of sp³-hybridized carbons (Fsp3) is 0.224. The maximum Gasteiger partial charge on any atom is 0.145 e. The summed E-state index contributed by atoms with van der Waals surface area (Å²) in [4.78, 5) is 5.06. The molecule has 90 heavy (non-hydrogen) atoms. The Morgan fingerprint density at radius 2 is 0.778 bits per heavy atom. The van der Waals surface area contributed by atoms with Crippen LogP contribution in [0.2, 0.25) is 13.1 Å². The average Bonchev–Trinajstić information content (AvgIpc) is 1.49. The summed E-state index contributed by atoms with van der Waals surface area (Å²) in [5.41, 5.74) is 23.7. The highest BCUT2D eigenvalue weighted by molar-refractivity contribution is 7.05. The lowest BCUT2D eigenvalue weighted by molar-refractivity contribution is 0.589. The lowest BCUT2D eigenvalue weighted by Crippen LogP contribution is -2.50. The van der Waals surface area contributed by atoms with Crippen LogP contribution in [0.4, 0.5) is 34.1 Å². The van der Waals surface area contributed by atoms with E-state index in [-0.39, 0.29) is 21.7 Å². The van der Waals surface area contributed by atoms with E-state index in [1.165, 1.54) is 66.0 Å². The summed E-state index contributed by atoms with van der Waals surface area (Å²) in [6.07, 6.45) is 0. The SMILES string of the molecule is CC(C)(C)c1ccc(N(c2ccccc2)c2cc3c(c4c2-c2ccccc2[Si]4(C)C)-c2c(cc(N(c4ccccc4)c4ccc(C(C)(C)C)cc4)c4c2oc2ccccc24)C3(c2ccc(C(C)(C)C)cc2)c2ccc3oc4ccc(C(C)(C)C)cc4c3c2)cc1. The van der Waals surface area contributed by atoms with Gasteiger partial charge in [0.25, 0.3) is 0 Å². The highest BCUT2D eigenvalue weighted by Crippen LogP contribution is 2.64. The van der Waals surface area contributed by atoms with E-state index in [1.807, 2.05) is 0 Å². The Kier molecular flexibility index (Phi) is 12.8. The molecule has 0 radical (unpaired) electrons. The molecule has 2 aromatic heterocycles. The van der Waals surface area contributed by atoms with Gasteiger partial charge in [0.2, 0.25) is 0 Å². The first-order valence-electron chi connectivity index (χ1n) is 32.2. The maximum atomic E-state index is 7.79. The summed E-state index contributed by atoms with van der Waals surface area (Å²) >= 11 is 0. The molecule has 5 heteroatoms. The van der Waals surface area contributed by atoms with Gasteiger partial charge in [0.1, 0.15) is 30.4 Å². The van der Waals surface area contributed by atoms with Crippen molar-refractivity contribution in [3.05, 3.63) is 275 Å². The molecule has 1 aliphatic carbocycles. The number of nitrogens with zero attached hydrogens (tertiary/aromatic N) is 2. The Morgan fingerprint density at radius 3 is 1.36 bits per heavy atom. The number of para-hydroxylation sites is 3. The smallest absolute Gasteiger partial charge is 0.145 e. The van der Waals surface area contributed by atoms with Gasteiger partial charge in [-0.3, -0.25) is 0 Å². The summed E-state index contributed by atoms with van der Waals surface area (Å²) < 4.78 is 14.7. The highest BCUT2D eigenvalue weighted by atomic mass is 28.3. The molecule has 11 aromatic carbocycles. The van der Waals surface area contributed by atoms with Crippen LogP contribution in [-0.4, -0.2) is 8.07 Å². The number of furan rings is 2. The first-order valence-corrected chi connectivity index (χ1v) is 35.2. The number of rotatable bonds is 8. The Balaban J connectivity index is 1.18. The quantitative estimate of drug-likeness (QED) is 0.142. The fourth-order valence-electron chi connectivity index (χ4n) is 15.1. The first kappa shape index (κ1) is 57.3. The van der Waals surface area contributed by atoms with Crippen molar-refractivity contribution in [2.75, 3.05) is 9.80 Å². The molecular formula is C85H80N2O2Si. The van der Waals surface area contributed by atoms with Crippen LogP contribution in [0.5, 0.6) is 0 Å². The van der Waals surface area contributed by atoms with E-state index in [0.717, 1.165) is 89.1 Å². The van der Waals surface area contributed by atoms with Crippen LogP contribution in [-0.2, 0) is 27.1 Å². The summed E-state index contributed by atoms with van der Waals surface area (Å²) in [6, 6.07) is 87.7. The lowest BCUT2D eigenvalue weighted by Gasteiger charge is -2.37. The third-order valence-corrected chi connectivity index (χ3v) is 23.5. The van der Waals surface area contributed by atoms with Gasteiger partial charge in [0.05, 0.1) is 22.2 Å². The topological polar surface area (TPSA) is 32.8 Å². The fourth-order valence-corrected chi connectivity index (χ4v) is 18.6. The average molecular weight is 1190 g/mol. The van der Waals surface area contributed by atoms with Gasteiger partial charge in [0, 0.05) is 50.0 Å². The molecule has 0 fully saturated rings. The maximum absolute atomic E-state index is 7.79. The Hall–Kier alpha value is -9.16. The van der Waals surface area contributed by atoms with Crippen LogP contribution >= 0.6 is 0 Å². The second-order valence-electron chi connectivity index (χ2n) is 30.1. The van der Waals surface area contributed by atoms with Crippen molar-refractivity contribution in [1.29, 1.82) is 0 Å². The molecule has 0 N–H and O–H groups in total. The molecular weight excluding hydrogens is 1110 g/mol. The molecule has 0 amide bonds. The summed E-state index contributed by atoms with van der Waals surface area (Å²) in [5, 5.41) is 7.24. The van der Waals surface area contributed by atoms with Crippen molar-refractivity contribution in [1.82, 2.24) is 0 Å². The number of hydrogen-bond acceptors (Lipinski definition) is 4. The monoisotopic (exact) mass is 1190 g/mol. The Morgan fingerprint density at radius 1 is 0.344 bits per heavy atom. The van der Waals surface area contributed by atoms with Crippen LogP contribution in [0, 0.1) is 0 Å². The van der Waals surface area contributed by atoms with Crippen molar-refractivity contribution in [2.45, 2.75) is 123 Å². The van der Waals surface area contributed by atoms with Crippen molar-refractivity contribution in [3.8, 4) is 22.3 Å². The number of anilines is 6. The van der Waals surface area contributed by atoms with Gasteiger partial charge < -0.3 is 18.6 Å². The van der Waals surface area contributed by atoms with Crippen molar-refractivity contribution in [3.63, 3.8) is 0 Å². The van der Waals surface area contributed by atoms with E-state index in [2.05, 4.69) is 337 Å². The minimum absolute atomic E-state index is 0.0318. The van der Waals surface area contributed by atoms with E-state index >= 15 is 0 Å². The third kappa shape index (κ3) is 8.81. The third-order valence-electron chi connectivity index (χ3n) is 19.9. The minimum atomic E-state index is -2.69. The molecule has 0 spiro atoms. The summed E-state index contributed by atoms with van der Waals surface area (Å²) in [5.74, 6) is 0. The van der Waals surface area contributed by atoms with E-state index in [4.69, 9.17) is 8.83 Å². The number of fused-ring (bicyclic) bond motifs is 14. The zero-order valence-corrected chi connectivity index (χ0v) is 55.7. The summed E-state index contributed by atoms with van der Waals surface area (Å²) in [6.45, 7) is 32.9. The van der Waals surface area contributed by atoms with E-state index < -0.39 is 13.5 Å². The molecule has 0 saturated carbocycles. The molecule has 0 saturated heterocycles. The van der Waals surface area contributed by atoms with Crippen LogP contribution in [0.15, 0.2) is 239 Å². The van der Waals surface area contributed by atoms with Crippen LogP contribution < -0.4 is 20.2 Å². The zero-order chi connectivity index (χ0) is 62.6. The van der Waals surface area contributed by atoms with Gasteiger partial charge in [-0.2, -0.15) is 0 Å². The Labute approximate surface area is 532 Å². The second-order valence-corrected chi connectivity index (χ2v) is 34.4. The molecule has 2 aliphatic rings. The molecule has 3 heterocycles. The Bertz CT molecular complexity index is 4980. The molecule has 15 rings (SSSR count). The molecule has 1 unspecified atom stereocenters. The standard InChI is InChI=1S/C85H80N2O2Si/c1-81(2,3)53-33-35-56(36-34-53)85(58-42-48-73-66(50-58)65-49-57(84(10,11)12)41-47-72(65)88-73)67-51-69(86(59-25-17-15-18-26-59)61-43-37-54(38-44-61)82(4,5)6)75-63-29-21-23-31-71(63)89-79(75)77(67)78-68(85)52-70(76-64-30-22-24-32-74(64)90(13,14)80(76)78)87(60-27-19-16-20-28-60)62-45-39-55(40-46-62)83(7,8)9/h15-52H,1-14H3. The van der Waals surface area contributed by atoms with Crippen molar-refractivity contribution < 1.29 is 8.83 Å². The summed E-state index contributed by atoms with van der Waals surface area (Å²) in [7, 11) is -2.69. The molecule has 1 aliphatic heterocycles. The highest BCUT2D eigenvalue weighted by Gasteiger charge is 2.54. The lowest BCUT2D eigenvalue weighted by atomic mass is 9.66.